The summed E-state index contributed by atoms with van der Waals surface area (Å²) in [5.74, 6) is 0.492. The molecule has 1 amide bonds. The summed E-state index contributed by atoms with van der Waals surface area (Å²) < 4.78 is 0. The zero-order valence-corrected chi connectivity index (χ0v) is 15.4. The fraction of sp³-hybridized carbons (Fsp3) is 0.632. The van der Waals surface area contributed by atoms with Crippen LogP contribution in [0.25, 0.3) is 0 Å². The Kier molecular flexibility index (Phi) is 7.56. The van der Waals surface area contributed by atoms with E-state index >= 15 is 0 Å². The van der Waals surface area contributed by atoms with Crippen molar-refractivity contribution >= 4 is 18.3 Å². The van der Waals surface area contributed by atoms with Gasteiger partial charge in [-0.05, 0) is 36.2 Å². The van der Waals surface area contributed by atoms with E-state index in [-0.39, 0.29) is 35.8 Å². The van der Waals surface area contributed by atoms with Crippen LogP contribution in [0.2, 0.25) is 0 Å². The second-order valence-corrected chi connectivity index (χ2v) is 7.85. The molecule has 3 nitrogen and oxygen atoms in total. The van der Waals surface area contributed by atoms with Crippen molar-refractivity contribution in [2.24, 2.45) is 17.1 Å². The van der Waals surface area contributed by atoms with Crippen LogP contribution in [-0.2, 0) is 4.79 Å². The van der Waals surface area contributed by atoms with E-state index < -0.39 is 0 Å². The molecule has 3 atom stereocenters. The highest BCUT2D eigenvalue weighted by atomic mass is 35.5. The zero-order chi connectivity index (χ0) is 16.2. The van der Waals surface area contributed by atoms with Crippen LogP contribution in [-0.4, -0.2) is 11.9 Å². The van der Waals surface area contributed by atoms with Gasteiger partial charge in [-0.3, -0.25) is 4.79 Å². The third-order valence-electron chi connectivity index (χ3n) is 4.52. The maximum absolute atomic E-state index is 12.4. The van der Waals surface area contributed by atoms with Crippen molar-refractivity contribution in [2.45, 2.75) is 65.0 Å². The van der Waals surface area contributed by atoms with Crippen LogP contribution < -0.4 is 11.1 Å². The van der Waals surface area contributed by atoms with Crippen molar-refractivity contribution in [1.29, 1.82) is 0 Å². The molecule has 1 saturated carbocycles. The lowest BCUT2D eigenvalue weighted by atomic mass is 9.85. The number of hydrogen-bond acceptors (Lipinski definition) is 2. The third kappa shape index (κ3) is 6.52. The minimum atomic E-state index is 0. The van der Waals surface area contributed by atoms with Crippen molar-refractivity contribution in [1.82, 2.24) is 5.32 Å². The van der Waals surface area contributed by atoms with E-state index in [9.17, 15) is 4.79 Å². The molecular formula is C19H31ClN2O. The van der Waals surface area contributed by atoms with E-state index in [1.54, 1.807) is 0 Å². The summed E-state index contributed by atoms with van der Waals surface area (Å²) >= 11 is 0. The number of carbonyl (C=O) groups is 1. The highest BCUT2D eigenvalue weighted by Gasteiger charge is 2.28. The highest BCUT2D eigenvalue weighted by molar-refractivity contribution is 5.85. The molecule has 1 aliphatic rings. The minimum Gasteiger partial charge on any atom is -0.349 e. The molecule has 4 heteroatoms. The molecule has 3 N–H and O–H groups in total. The number of halogens is 1. The van der Waals surface area contributed by atoms with Crippen LogP contribution in [0.5, 0.6) is 0 Å². The van der Waals surface area contributed by atoms with Crippen LogP contribution >= 0.6 is 12.4 Å². The Morgan fingerprint density at radius 3 is 2.43 bits per heavy atom. The molecule has 1 aliphatic carbocycles. The number of carbonyl (C=O) groups excluding carboxylic acids is 1. The number of amides is 1. The molecule has 0 heterocycles. The average molecular weight is 339 g/mol. The van der Waals surface area contributed by atoms with Gasteiger partial charge in [0.1, 0.15) is 0 Å². The predicted molar refractivity (Wildman–Crippen MR) is 98.6 cm³/mol. The van der Waals surface area contributed by atoms with Crippen molar-refractivity contribution in [3.8, 4) is 0 Å². The quantitative estimate of drug-likeness (QED) is 0.844. The second kappa shape index (κ2) is 8.70. The molecule has 2 rings (SSSR count). The van der Waals surface area contributed by atoms with E-state index in [1.807, 2.05) is 18.2 Å². The Morgan fingerprint density at radius 2 is 1.91 bits per heavy atom. The SMILES string of the molecule is CC(C)(C)CC(NC(=O)C[C@@H]1CCC[C@H]1N)c1ccccc1.Cl. The van der Waals surface area contributed by atoms with Crippen LogP contribution in [0.1, 0.15) is 64.5 Å². The summed E-state index contributed by atoms with van der Waals surface area (Å²) in [5.41, 5.74) is 7.44. The van der Waals surface area contributed by atoms with Crippen molar-refractivity contribution < 1.29 is 4.79 Å². The molecule has 0 bridgehead atoms. The Morgan fingerprint density at radius 1 is 1.26 bits per heavy atom. The molecule has 0 saturated heterocycles. The lowest BCUT2D eigenvalue weighted by Crippen LogP contribution is -2.35. The lowest BCUT2D eigenvalue weighted by Gasteiger charge is -2.28. The number of nitrogens with one attached hydrogen (secondary N) is 1. The van der Waals surface area contributed by atoms with E-state index in [4.69, 9.17) is 5.73 Å². The number of hydrogen-bond donors (Lipinski definition) is 2. The third-order valence-corrected chi connectivity index (χ3v) is 4.52. The molecule has 23 heavy (non-hydrogen) atoms. The predicted octanol–water partition coefficient (Wildman–Crippen LogP) is 4.22. The van der Waals surface area contributed by atoms with Gasteiger partial charge in [0.2, 0.25) is 5.91 Å². The van der Waals surface area contributed by atoms with E-state index in [1.165, 1.54) is 5.56 Å². The molecule has 0 spiro atoms. The van der Waals surface area contributed by atoms with Gasteiger partial charge in [0, 0.05) is 12.5 Å². The maximum Gasteiger partial charge on any atom is 0.220 e. The van der Waals surface area contributed by atoms with Gasteiger partial charge in [0.15, 0.2) is 0 Å². The van der Waals surface area contributed by atoms with Gasteiger partial charge in [-0.15, -0.1) is 12.4 Å². The van der Waals surface area contributed by atoms with E-state index in [0.717, 1.165) is 25.7 Å². The first-order chi connectivity index (χ1) is 10.3. The summed E-state index contributed by atoms with van der Waals surface area (Å²) in [4.78, 5) is 12.4. The maximum atomic E-state index is 12.4. The zero-order valence-electron chi connectivity index (χ0n) is 14.5. The summed E-state index contributed by atoms with van der Waals surface area (Å²) in [6.45, 7) is 6.63. The summed E-state index contributed by atoms with van der Waals surface area (Å²) in [6.07, 6.45) is 4.79. The highest BCUT2D eigenvalue weighted by Crippen LogP contribution is 2.31. The number of nitrogens with two attached hydrogens (primary N) is 1. The fourth-order valence-corrected chi connectivity index (χ4v) is 3.36. The van der Waals surface area contributed by atoms with Crippen LogP contribution in [0.4, 0.5) is 0 Å². The van der Waals surface area contributed by atoms with Crippen LogP contribution in [0.3, 0.4) is 0 Å². The Bertz CT molecular complexity index is 484. The molecule has 1 aromatic carbocycles. The molecule has 0 radical (unpaired) electrons. The Labute approximate surface area is 146 Å². The smallest absolute Gasteiger partial charge is 0.220 e. The van der Waals surface area contributed by atoms with Crippen LogP contribution in [0.15, 0.2) is 30.3 Å². The van der Waals surface area contributed by atoms with Gasteiger partial charge in [0.05, 0.1) is 6.04 Å². The minimum absolute atomic E-state index is 0. The Balaban J connectivity index is 0.00000264. The van der Waals surface area contributed by atoms with Gasteiger partial charge in [0.25, 0.3) is 0 Å². The molecular weight excluding hydrogens is 308 g/mol. The van der Waals surface area contributed by atoms with Gasteiger partial charge < -0.3 is 11.1 Å². The second-order valence-electron chi connectivity index (χ2n) is 7.85. The van der Waals surface area contributed by atoms with E-state index in [2.05, 4.69) is 38.2 Å². The first kappa shape index (κ1) is 20.0. The molecule has 1 unspecified atom stereocenters. The van der Waals surface area contributed by atoms with E-state index in [0.29, 0.717) is 12.3 Å². The lowest BCUT2D eigenvalue weighted by molar-refractivity contribution is -0.123. The Hall–Kier alpha value is -1.06. The monoisotopic (exact) mass is 338 g/mol. The van der Waals surface area contributed by atoms with Gasteiger partial charge in [-0.1, -0.05) is 57.5 Å². The topological polar surface area (TPSA) is 55.1 Å². The fourth-order valence-electron chi connectivity index (χ4n) is 3.36. The summed E-state index contributed by atoms with van der Waals surface area (Å²) in [6, 6.07) is 10.5. The van der Waals surface area contributed by atoms with Crippen molar-refractivity contribution in [3.63, 3.8) is 0 Å². The normalized spacial score (nSPS) is 22.3. The molecule has 130 valence electrons. The first-order valence-electron chi connectivity index (χ1n) is 8.45. The average Bonchev–Trinajstić information content (AvgIpc) is 2.83. The molecule has 0 aromatic heterocycles. The summed E-state index contributed by atoms with van der Waals surface area (Å²) in [7, 11) is 0. The molecule has 1 fully saturated rings. The van der Waals surface area contributed by atoms with Gasteiger partial charge in [-0.25, -0.2) is 0 Å². The first-order valence-corrected chi connectivity index (χ1v) is 8.45. The number of benzene rings is 1. The number of rotatable bonds is 5. The largest absolute Gasteiger partial charge is 0.349 e. The van der Waals surface area contributed by atoms with Gasteiger partial charge in [-0.2, -0.15) is 0 Å². The van der Waals surface area contributed by atoms with Gasteiger partial charge >= 0.3 is 0 Å². The van der Waals surface area contributed by atoms with Crippen molar-refractivity contribution in [2.75, 3.05) is 0 Å². The van der Waals surface area contributed by atoms with Crippen LogP contribution in [0, 0.1) is 11.3 Å². The standard InChI is InChI=1S/C19H30N2O.ClH/c1-19(2,3)13-17(14-8-5-4-6-9-14)21-18(22)12-15-10-7-11-16(15)20;/h4-6,8-9,15-17H,7,10-13,20H2,1-3H3,(H,21,22);1H/t15-,16+,17?;/m0./s1. The molecule has 1 aromatic rings. The molecule has 0 aliphatic heterocycles. The van der Waals surface area contributed by atoms with Crippen molar-refractivity contribution in [3.05, 3.63) is 35.9 Å². The summed E-state index contributed by atoms with van der Waals surface area (Å²) in [5, 5.41) is 3.24.